The number of halogens is 4. The van der Waals surface area contributed by atoms with E-state index < -0.39 is 11.6 Å². The number of aryl methyl sites for hydroxylation is 1. The molecule has 0 fully saturated rings. The Morgan fingerprint density at radius 2 is 1.94 bits per heavy atom. The first-order chi connectivity index (χ1) is 8.47. The maximum absolute atomic E-state index is 13.1. The third-order valence-corrected chi connectivity index (χ3v) is 5.95. The highest BCUT2D eigenvalue weighted by molar-refractivity contribution is 9.11. The molecule has 96 valence electrons. The molecule has 1 unspecified atom stereocenters. The fraction of sp³-hybridized carbons (Fsp3) is 0.231. The Kier molecular flexibility index (Phi) is 4.56. The summed E-state index contributed by atoms with van der Waals surface area (Å²) in [4.78, 5) is 1.28. The molecule has 0 spiro atoms. The minimum Gasteiger partial charge on any atom is -0.204 e. The van der Waals surface area contributed by atoms with Gasteiger partial charge in [-0.25, -0.2) is 8.78 Å². The molecule has 0 bridgehead atoms. The molecule has 0 saturated heterocycles. The molecule has 0 aliphatic rings. The molecule has 18 heavy (non-hydrogen) atoms. The Labute approximate surface area is 125 Å². The van der Waals surface area contributed by atoms with E-state index in [0.29, 0.717) is 6.42 Å². The summed E-state index contributed by atoms with van der Waals surface area (Å²) < 4.78 is 27.0. The van der Waals surface area contributed by atoms with E-state index in [2.05, 4.69) is 37.9 Å². The maximum Gasteiger partial charge on any atom is 0.159 e. The number of benzene rings is 1. The number of thiophene rings is 1. The second kappa shape index (κ2) is 5.80. The van der Waals surface area contributed by atoms with Gasteiger partial charge in [-0.3, -0.25) is 0 Å². The van der Waals surface area contributed by atoms with Gasteiger partial charge in [0.25, 0.3) is 0 Å². The average Bonchev–Trinajstić information content (AvgIpc) is 2.65. The number of rotatable bonds is 3. The van der Waals surface area contributed by atoms with Crippen LogP contribution in [-0.2, 0) is 6.42 Å². The first kappa shape index (κ1) is 14.2. The molecule has 0 amide bonds. The predicted octanol–water partition coefficient (Wildman–Crippen LogP) is 5.78. The first-order valence-corrected chi connectivity index (χ1v) is 7.83. The van der Waals surface area contributed by atoms with E-state index in [9.17, 15) is 8.78 Å². The highest BCUT2D eigenvalue weighted by Gasteiger charge is 2.14. The Morgan fingerprint density at radius 1 is 1.22 bits per heavy atom. The summed E-state index contributed by atoms with van der Waals surface area (Å²) in [6, 6.07) is 6.12. The normalized spacial score (nSPS) is 12.7. The van der Waals surface area contributed by atoms with Gasteiger partial charge < -0.3 is 0 Å². The van der Waals surface area contributed by atoms with Crippen LogP contribution in [0, 0.1) is 18.6 Å². The Bertz CT molecular complexity index is 547. The summed E-state index contributed by atoms with van der Waals surface area (Å²) in [6.07, 6.45) is 0.629. The lowest BCUT2D eigenvalue weighted by Gasteiger charge is -2.08. The molecule has 0 N–H and O–H groups in total. The Balaban J connectivity index is 2.15. The largest absolute Gasteiger partial charge is 0.204 e. The molecule has 5 heteroatoms. The van der Waals surface area contributed by atoms with E-state index in [0.717, 1.165) is 9.35 Å². The topological polar surface area (TPSA) is 0 Å². The van der Waals surface area contributed by atoms with Gasteiger partial charge in [-0.1, -0.05) is 22.0 Å². The van der Waals surface area contributed by atoms with E-state index in [-0.39, 0.29) is 4.83 Å². The van der Waals surface area contributed by atoms with E-state index in [4.69, 9.17) is 0 Å². The summed E-state index contributed by atoms with van der Waals surface area (Å²) in [6.45, 7) is 2.03. The zero-order valence-electron chi connectivity index (χ0n) is 9.51. The minimum absolute atomic E-state index is 0.109. The van der Waals surface area contributed by atoms with Crippen molar-refractivity contribution in [3.63, 3.8) is 0 Å². The quantitative estimate of drug-likeness (QED) is 0.578. The van der Waals surface area contributed by atoms with Crippen molar-refractivity contribution in [1.29, 1.82) is 0 Å². The lowest BCUT2D eigenvalue weighted by molar-refractivity contribution is 0.507. The second-order valence-corrected chi connectivity index (χ2v) is 7.53. The molecule has 0 saturated carbocycles. The van der Waals surface area contributed by atoms with E-state index in [1.165, 1.54) is 22.6 Å². The Morgan fingerprint density at radius 3 is 2.50 bits per heavy atom. The van der Waals surface area contributed by atoms with Crippen molar-refractivity contribution in [2.45, 2.75) is 18.2 Å². The smallest absolute Gasteiger partial charge is 0.159 e. The predicted molar refractivity (Wildman–Crippen MR) is 78.5 cm³/mol. The molecule has 0 aliphatic heterocycles. The summed E-state index contributed by atoms with van der Waals surface area (Å²) in [5, 5.41) is 0. The second-order valence-electron chi connectivity index (χ2n) is 4.03. The molecule has 0 radical (unpaired) electrons. The molecule has 1 heterocycles. The zero-order valence-corrected chi connectivity index (χ0v) is 13.5. The summed E-state index contributed by atoms with van der Waals surface area (Å²) >= 11 is 8.72. The standard InChI is InChI=1S/C13H10Br2F2S/c1-7-4-12(18-13(7)15)9(14)5-8-2-3-10(16)11(17)6-8/h2-4,6,9H,5H2,1H3. The van der Waals surface area contributed by atoms with Crippen molar-refractivity contribution in [3.8, 4) is 0 Å². The van der Waals surface area contributed by atoms with E-state index >= 15 is 0 Å². The first-order valence-electron chi connectivity index (χ1n) is 5.31. The van der Waals surface area contributed by atoms with Gasteiger partial charge in [-0.2, -0.15) is 0 Å². The number of hydrogen-bond acceptors (Lipinski definition) is 1. The molecule has 2 rings (SSSR count). The monoisotopic (exact) mass is 394 g/mol. The molecular weight excluding hydrogens is 386 g/mol. The third-order valence-electron chi connectivity index (χ3n) is 2.58. The average molecular weight is 396 g/mol. The van der Waals surface area contributed by atoms with Crippen molar-refractivity contribution in [1.82, 2.24) is 0 Å². The van der Waals surface area contributed by atoms with Crippen molar-refractivity contribution in [3.05, 3.63) is 55.7 Å². The van der Waals surface area contributed by atoms with Crippen LogP contribution in [0.25, 0.3) is 0 Å². The SMILES string of the molecule is Cc1cc(C(Br)Cc2ccc(F)c(F)c2)sc1Br. The van der Waals surface area contributed by atoms with E-state index in [1.54, 1.807) is 17.4 Å². The Hall–Kier alpha value is -0.260. The van der Waals surface area contributed by atoms with Crippen LogP contribution in [0.1, 0.15) is 20.8 Å². The van der Waals surface area contributed by atoms with Gasteiger partial charge in [-0.05, 0) is 58.6 Å². The third kappa shape index (κ3) is 3.19. The van der Waals surface area contributed by atoms with Gasteiger partial charge in [0.15, 0.2) is 11.6 Å². The molecule has 1 atom stereocenters. The summed E-state index contributed by atoms with van der Waals surface area (Å²) in [5.74, 6) is -1.60. The van der Waals surface area contributed by atoms with Crippen molar-refractivity contribution in [2.24, 2.45) is 0 Å². The van der Waals surface area contributed by atoms with Gasteiger partial charge >= 0.3 is 0 Å². The summed E-state index contributed by atoms with van der Waals surface area (Å²) in [7, 11) is 0. The van der Waals surface area contributed by atoms with Crippen LogP contribution >= 0.6 is 43.2 Å². The van der Waals surface area contributed by atoms with Crippen molar-refractivity contribution < 1.29 is 8.78 Å². The molecule has 0 aliphatic carbocycles. The zero-order chi connectivity index (χ0) is 13.3. The van der Waals surface area contributed by atoms with Gasteiger partial charge in [0, 0.05) is 4.88 Å². The van der Waals surface area contributed by atoms with Gasteiger partial charge in [-0.15, -0.1) is 11.3 Å². The fourth-order valence-electron chi connectivity index (χ4n) is 1.61. The van der Waals surface area contributed by atoms with Gasteiger partial charge in [0.2, 0.25) is 0 Å². The molecule has 1 aromatic carbocycles. The highest BCUT2D eigenvalue weighted by atomic mass is 79.9. The lowest BCUT2D eigenvalue weighted by Crippen LogP contribution is -1.95. The molecule has 1 aromatic heterocycles. The van der Waals surface area contributed by atoms with Crippen LogP contribution in [0.5, 0.6) is 0 Å². The van der Waals surface area contributed by atoms with Crippen LogP contribution in [-0.4, -0.2) is 0 Å². The number of hydrogen-bond donors (Lipinski definition) is 0. The van der Waals surface area contributed by atoms with Crippen LogP contribution in [0.15, 0.2) is 28.1 Å². The molecule has 2 aromatic rings. The van der Waals surface area contributed by atoms with Crippen molar-refractivity contribution in [2.75, 3.05) is 0 Å². The van der Waals surface area contributed by atoms with Crippen LogP contribution in [0.3, 0.4) is 0 Å². The molecule has 0 nitrogen and oxygen atoms in total. The minimum atomic E-state index is -0.806. The van der Waals surface area contributed by atoms with Crippen LogP contribution in [0.4, 0.5) is 8.78 Å². The number of alkyl halides is 1. The summed E-state index contributed by atoms with van der Waals surface area (Å²) in [5.41, 5.74) is 1.96. The van der Waals surface area contributed by atoms with Gasteiger partial charge in [0.05, 0.1) is 8.61 Å². The molecular formula is C13H10Br2F2S. The fourth-order valence-corrected chi connectivity index (χ4v) is 3.95. The lowest BCUT2D eigenvalue weighted by atomic mass is 10.1. The van der Waals surface area contributed by atoms with E-state index in [1.807, 2.05) is 6.92 Å². The maximum atomic E-state index is 13.1. The van der Waals surface area contributed by atoms with Crippen LogP contribution < -0.4 is 0 Å². The van der Waals surface area contributed by atoms with Crippen molar-refractivity contribution >= 4 is 43.2 Å². The van der Waals surface area contributed by atoms with Gasteiger partial charge in [0.1, 0.15) is 0 Å². The van der Waals surface area contributed by atoms with Crippen LogP contribution in [0.2, 0.25) is 0 Å². The highest BCUT2D eigenvalue weighted by Crippen LogP contribution is 2.37.